The van der Waals surface area contributed by atoms with Crippen LogP contribution in [-0.2, 0) is 10.0 Å². The Bertz CT molecular complexity index is 806. The van der Waals surface area contributed by atoms with Gasteiger partial charge in [-0.3, -0.25) is 4.99 Å². The molecule has 2 rings (SSSR count). The Labute approximate surface area is 148 Å². The van der Waals surface area contributed by atoms with E-state index in [-0.39, 0.29) is 0 Å². The standard InChI is InChI=1S/C17H21N3O2S2/c1-14-9-10-17(15(2)13-14)18-11-12-19-23-20(24(3,21)22)16-7-5-4-6-8-16/h4-11,13,19H,12H2,1-3H3. The third-order valence-electron chi connectivity index (χ3n) is 3.17. The summed E-state index contributed by atoms with van der Waals surface area (Å²) in [5.74, 6) is 0. The molecule has 0 amide bonds. The normalized spacial score (nSPS) is 11.8. The quantitative estimate of drug-likeness (QED) is 0.464. The molecule has 0 saturated heterocycles. The van der Waals surface area contributed by atoms with Crippen LogP contribution in [0.5, 0.6) is 0 Å². The zero-order chi connectivity index (χ0) is 17.6. The fraction of sp³-hybridized carbons (Fsp3) is 0.235. The molecule has 0 aliphatic heterocycles. The fourth-order valence-electron chi connectivity index (χ4n) is 2.09. The largest absolute Gasteiger partial charge is 0.260 e. The molecule has 0 heterocycles. The zero-order valence-electron chi connectivity index (χ0n) is 13.9. The van der Waals surface area contributed by atoms with Crippen molar-refractivity contribution in [1.29, 1.82) is 0 Å². The first-order chi connectivity index (χ1) is 11.4. The Balaban J connectivity index is 1.95. The summed E-state index contributed by atoms with van der Waals surface area (Å²) < 4.78 is 28.1. The highest BCUT2D eigenvalue weighted by Crippen LogP contribution is 2.23. The van der Waals surface area contributed by atoms with Crippen LogP contribution >= 0.6 is 12.1 Å². The number of nitrogens with one attached hydrogen (secondary N) is 1. The summed E-state index contributed by atoms with van der Waals surface area (Å²) >= 11 is 1.03. The van der Waals surface area contributed by atoms with Crippen LogP contribution in [0.4, 0.5) is 11.4 Å². The van der Waals surface area contributed by atoms with Gasteiger partial charge >= 0.3 is 0 Å². The van der Waals surface area contributed by atoms with Crippen molar-refractivity contribution in [3.63, 3.8) is 0 Å². The fourth-order valence-corrected chi connectivity index (χ4v) is 3.79. The van der Waals surface area contributed by atoms with Gasteiger partial charge in [-0.25, -0.2) is 13.1 Å². The first kappa shape index (κ1) is 18.5. The van der Waals surface area contributed by atoms with Crippen molar-refractivity contribution < 1.29 is 8.42 Å². The number of benzene rings is 2. The Morgan fingerprint density at radius 1 is 1.17 bits per heavy atom. The number of nitrogens with zero attached hydrogens (tertiary/aromatic N) is 2. The van der Waals surface area contributed by atoms with Gasteiger partial charge in [0.2, 0.25) is 10.0 Å². The van der Waals surface area contributed by atoms with Crippen LogP contribution in [0.2, 0.25) is 0 Å². The van der Waals surface area contributed by atoms with Crippen LogP contribution in [0.15, 0.2) is 53.5 Å². The van der Waals surface area contributed by atoms with Gasteiger partial charge in [0.25, 0.3) is 0 Å². The third-order valence-corrected chi connectivity index (χ3v) is 5.69. The summed E-state index contributed by atoms with van der Waals surface area (Å²) in [6.07, 6.45) is 2.91. The van der Waals surface area contributed by atoms with E-state index >= 15 is 0 Å². The molecule has 5 nitrogen and oxygen atoms in total. The highest BCUT2D eigenvalue weighted by molar-refractivity contribution is 8.13. The lowest BCUT2D eigenvalue weighted by Crippen LogP contribution is -2.27. The summed E-state index contributed by atoms with van der Waals surface area (Å²) in [6, 6.07) is 15.0. The molecule has 1 N–H and O–H groups in total. The smallest absolute Gasteiger partial charge is 0.242 e. The maximum absolute atomic E-state index is 11.9. The summed E-state index contributed by atoms with van der Waals surface area (Å²) in [5.41, 5.74) is 3.83. The van der Waals surface area contributed by atoms with Crippen LogP contribution in [0, 0.1) is 13.8 Å². The van der Waals surface area contributed by atoms with Crippen LogP contribution in [0.25, 0.3) is 0 Å². The lowest BCUT2D eigenvalue weighted by molar-refractivity contribution is 0.604. The van der Waals surface area contributed by atoms with E-state index in [1.165, 1.54) is 15.5 Å². The molecule has 0 aliphatic rings. The van der Waals surface area contributed by atoms with E-state index in [4.69, 9.17) is 0 Å². The van der Waals surface area contributed by atoms with Gasteiger partial charge in [0.15, 0.2) is 0 Å². The molecule has 128 valence electrons. The SMILES string of the molecule is Cc1ccc(N=CCNSN(c2ccccc2)S(C)(=O)=O)c(C)c1. The second-order valence-corrected chi connectivity index (χ2v) is 8.27. The number of anilines is 1. The molecule has 0 unspecified atom stereocenters. The lowest BCUT2D eigenvalue weighted by Gasteiger charge is -2.20. The minimum absolute atomic E-state index is 0.441. The summed E-state index contributed by atoms with van der Waals surface area (Å²) in [6.45, 7) is 4.50. The molecule has 0 spiro atoms. The molecule has 0 aliphatic carbocycles. The number of rotatable bonds is 7. The van der Waals surface area contributed by atoms with Crippen LogP contribution in [0.3, 0.4) is 0 Å². The number of sulfonamides is 1. The highest BCUT2D eigenvalue weighted by atomic mass is 32.3. The van der Waals surface area contributed by atoms with Gasteiger partial charge in [0, 0.05) is 12.8 Å². The van der Waals surface area contributed by atoms with Crippen LogP contribution in [0.1, 0.15) is 11.1 Å². The number of para-hydroxylation sites is 1. The van der Waals surface area contributed by atoms with E-state index in [2.05, 4.69) is 15.8 Å². The monoisotopic (exact) mass is 363 g/mol. The summed E-state index contributed by atoms with van der Waals surface area (Å²) in [4.78, 5) is 4.41. The number of hydrogen-bond acceptors (Lipinski definition) is 5. The lowest BCUT2D eigenvalue weighted by atomic mass is 10.1. The van der Waals surface area contributed by atoms with Crippen molar-refractivity contribution in [2.75, 3.05) is 16.5 Å². The summed E-state index contributed by atoms with van der Waals surface area (Å²) in [7, 11) is -3.38. The van der Waals surface area contributed by atoms with E-state index in [1.807, 2.05) is 32.0 Å². The van der Waals surface area contributed by atoms with E-state index in [1.54, 1.807) is 30.5 Å². The van der Waals surface area contributed by atoms with Gasteiger partial charge in [-0.15, -0.1) is 0 Å². The average Bonchev–Trinajstić information content (AvgIpc) is 2.52. The Kier molecular flexibility index (Phi) is 6.42. The predicted molar refractivity (Wildman–Crippen MR) is 103 cm³/mol. The van der Waals surface area contributed by atoms with Crippen molar-refractivity contribution >= 4 is 39.7 Å². The van der Waals surface area contributed by atoms with Crippen molar-refractivity contribution in [3.8, 4) is 0 Å². The van der Waals surface area contributed by atoms with Gasteiger partial charge < -0.3 is 0 Å². The summed E-state index contributed by atoms with van der Waals surface area (Å²) in [5, 5.41) is 0. The molecule has 0 atom stereocenters. The maximum atomic E-state index is 11.9. The maximum Gasteiger partial charge on any atom is 0.242 e. The Morgan fingerprint density at radius 3 is 2.50 bits per heavy atom. The molecule has 0 bridgehead atoms. The molecule has 0 saturated carbocycles. The van der Waals surface area contributed by atoms with Crippen molar-refractivity contribution in [2.24, 2.45) is 4.99 Å². The minimum atomic E-state index is -3.38. The molecular weight excluding hydrogens is 342 g/mol. The molecular formula is C17H21N3O2S2. The third kappa shape index (κ3) is 5.36. The predicted octanol–water partition coefficient (Wildman–Crippen LogP) is 3.62. The first-order valence-corrected chi connectivity index (χ1v) is 10.0. The van der Waals surface area contributed by atoms with Crippen LogP contribution in [-0.4, -0.2) is 27.4 Å². The van der Waals surface area contributed by atoms with E-state index in [9.17, 15) is 8.42 Å². The van der Waals surface area contributed by atoms with Gasteiger partial charge in [-0.2, -0.15) is 3.71 Å². The van der Waals surface area contributed by atoms with Gasteiger partial charge in [-0.1, -0.05) is 35.9 Å². The van der Waals surface area contributed by atoms with E-state index < -0.39 is 10.0 Å². The van der Waals surface area contributed by atoms with Gasteiger partial charge in [0.1, 0.15) is 0 Å². The topological polar surface area (TPSA) is 61.8 Å². The molecule has 0 fully saturated rings. The average molecular weight is 364 g/mol. The van der Waals surface area contributed by atoms with Crippen molar-refractivity contribution in [1.82, 2.24) is 4.72 Å². The minimum Gasteiger partial charge on any atom is -0.260 e. The van der Waals surface area contributed by atoms with Gasteiger partial charge in [0.05, 0.1) is 29.8 Å². The van der Waals surface area contributed by atoms with E-state index in [0.29, 0.717) is 12.2 Å². The molecule has 24 heavy (non-hydrogen) atoms. The molecule has 7 heteroatoms. The van der Waals surface area contributed by atoms with Crippen molar-refractivity contribution in [2.45, 2.75) is 13.8 Å². The first-order valence-electron chi connectivity index (χ1n) is 7.43. The van der Waals surface area contributed by atoms with Crippen molar-refractivity contribution in [3.05, 3.63) is 59.7 Å². The number of hydrogen-bond donors (Lipinski definition) is 1. The second kappa shape index (κ2) is 8.32. The molecule has 2 aromatic rings. The number of aliphatic imine (C=N–C) groups is 1. The Hall–Kier alpha value is -1.83. The van der Waals surface area contributed by atoms with Crippen LogP contribution < -0.4 is 8.43 Å². The highest BCUT2D eigenvalue weighted by Gasteiger charge is 2.17. The zero-order valence-corrected chi connectivity index (χ0v) is 15.6. The van der Waals surface area contributed by atoms with E-state index in [0.717, 1.165) is 23.4 Å². The molecule has 0 aromatic heterocycles. The van der Waals surface area contributed by atoms with Gasteiger partial charge in [-0.05, 0) is 37.6 Å². The second-order valence-electron chi connectivity index (χ2n) is 5.37. The Morgan fingerprint density at radius 2 is 1.88 bits per heavy atom. The number of aryl methyl sites for hydroxylation is 2. The molecule has 0 radical (unpaired) electrons. The molecule has 2 aromatic carbocycles.